The summed E-state index contributed by atoms with van der Waals surface area (Å²) >= 11 is 8.13. The maximum absolute atomic E-state index is 6.38. The van der Waals surface area contributed by atoms with E-state index >= 15 is 0 Å². The molecule has 0 spiro atoms. The van der Waals surface area contributed by atoms with Gasteiger partial charge in [0, 0.05) is 17.0 Å². The molecule has 3 rings (SSSR count). The third-order valence-corrected chi connectivity index (χ3v) is 4.73. The van der Waals surface area contributed by atoms with Crippen LogP contribution in [0.5, 0.6) is 11.5 Å². The average Bonchev–Trinajstić information content (AvgIpc) is 2.98. The highest BCUT2D eigenvalue weighted by molar-refractivity contribution is 7.10. The second-order valence-corrected chi connectivity index (χ2v) is 6.74. The molecule has 0 saturated carbocycles. The molecule has 1 aromatic heterocycles. The summed E-state index contributed by atoms with van der Waals surface area (Å²) in [5.41, 5.74) is 0.882. The first-order valence-corrected chi connectivity index (χ1v) is 8.30. The summed E-state index contributed by atoms with van der Waals surface area (Å²) in [6, 6.07) is 8.20. The van der Waals surface area contributed by atoms with Gasteiger partial charge in [-0.2, -0.15) is 0 Å². The molecule has 0 aliphatic carbocycles. The lowest BCUT2D eigenvalue weighted by molar-refractivity contribution is 0.171. The summed E-state index contributed by atoms with van der Waals surface area (Å²) in [6.45, 7) is 5.54. The topological polar surface area (TPSA) is 30.5 Å². The molecule has 3 nitrogen and oxygen atoms in total. The summed E-state index contributed by atoms with van der Waals surface area (Å²) < 4.78 is 11.2. The molecule has 0 bridgehead atoms. The van der Waals surface area contributed by atoms with Gasteiger partial charge in [-0.15, -0.1) is 11.3 Å². The Morgan fingerprint density at radius 1 is 1.19 bits per heavy atom. The number of ether oxygens (including phenoxy) is 2. The number of hydrogen-bond donors (Lipinski definition) is 1. The van der Waals surface area contributed by atoms with Crippen LogP contribution in [0, 0.1) is 5.92 Å². The predicted octanol–water partition coefficient (Wildman–Crippen LogP) is 4.98. The van der Waals surface area contributed by atoms with Crippen molar-refractivity contribution in [3.8, 4) is 11.5 Å². The highest BCUT2D eigenvalue weighted by Crippen LogP contribution is 2.40. The number of halogens is 1. The van der Waals surface area contributed by atoms with Crippen LogP contribution in [-0.4, -0.2) is 13.2 Å². The van der Waals surface area contributed by atoms with Crippen LogP contribution < -0.4 is 14.8 Å². The molecule has 112 valence electrons. The van der Waals surface area contributed by atoms with E-state index in [9.17, 15) is 0 Å². The Morgan fingerprint density at radius 3 is 2.52 bits per heavy atom. The van der Waals surface area contributed by atoms with Crippen molar-refractivity contribution in [2.45, 2.75) is 19.9 Å². The van der Waals surface area contributed by atoms with E-state index in [0.717, 1.165) is 11.4 Å². The van der Waals surface area contributed by atoms with E-state index in [-0.39, 0.29) is 6.04 Å². The Hall–Kier alpha value is -1.39. The fourth-order valence-corrected chi connectivity index (χ4v) is 3.53. The van der Waals surface area contributed by atoms with Crippen LogP contribution >= 0.6 is 22.9 Å². The smallest absolute Gasteiger partial charge is 0.163 e. The van der Waals surface area contributed by atoms with Crippen molar-refractivity contribution in [1.82, 2.24) is 0 Å². The quantitative estimate of drug-likeness (QED) is 0.860. The van der Waals surface area contributed by atoms with Crippen LogP contribution in [0.25, 0.3) is 0 Å². The van der Waals surface area contributed by atoms with Crippen LogP contribution in [0.2, 0.25) is 5.02 Å². The lowest BCUT2D eigenvalue weighted by Gasteiger charge is -2.25. The Balaban J connectivity index is 1.89. The summed E-state index contributed by atoms with van der Waals surface area (Å²) in [6.07, 6.45) is 0. The predicted molar refractivity (Wildman–Crippen MR) is 88.0 cm³/mol. The molecule has 2 aromatic rings. The molecule has 1 atom stereocenters. The molecule has 21 heavy (non-hydrogen) atoms. The summed E-state index contributed by atoms with van der Waals surface area (Å²) in [7, 11) is 0. The number of anilines is 1. The molecule has 1 aromatic carbocycles. The SMILES string of the molecule is CC(C)C(Nc1cc2c(cc1Cl)OCCO2)c1cccs1. The zero-order valence-electron chi connectivity index (χ0n) is 12.1. The number of benzene rings is 1. The molecular formula is C16H18ClNO2S. The summed E-state index contributed by atoms with van der Waals surface area (Å²) in [5, 5.41) is 6.29. The zero-order chi connectivity index (χ0) is 14.8. The molecular weight excluding hydrogens is 306 g/mol. The normalized spacial score (nSPS) is 15.0. The monoisotopic (exact) mass is 323 g/mol. The minimum atomic E-state index is 0.227. The molecule has 0 radical (unpaired) electrons. The van der Waals surface area contributed by atoms with Gasteiger partial charge in [0.05, 0.1) is 16.8 Å². The first-order chi connectivity index (χ1) is 10.1. The van der Waals surface area contributed by atoms with Crippen LogP contribution in [0.15, 0.2) is 29.6 Å². The van der Waals surface area contributed by atoms with Gasteiger partial charge in [0.25, 0.3) is 0 Å². The van der Waals surface area contributed by atoms with E-state index in [4.69, 9.17) is 21.1 Å². The minimum Gasteiger partial charge on any atom is -0.486 e. The maximum atomic E-state index is 6.38. The van der Waals surface area contributed by atoms with E-state index < -0.39 is 0 Å². The third kappa shape index (κ3) is 3.11. The van der Waals surface area contributed by atoms with E-state index in [1.807, 2.05) is 12.1 Å². The average molecular weight is 324 g/mol. The van der Waals surface area contributed by atoms with Crippen molar-refractivity contribution >= 4 is 28.6 Å². The largest absolute Gasteiger partial charge is 0.486 e. The molecule has 0 amide bonds. The highest BCUT2D eigenvalue weighted by Gasteiger charge is 2.20. The number of nitrogens with one attached hydrogen (secondary N) is 1. The van der Waals surface area contributed by atoms with Crippen LogP contribution in [0.4, 0.5) is 5.69 Å². The number of fused-ring (bicyclic) bond motifs is 1. The van der Waals surface area contributed by atoms with Gasteiger partial charge >= 0.3 is 0 Å². The Kier molecular flexibility index (Phi) is 4.27. The molecule has 0 saturated heterocycles. The third-order valence-electron chi connectivity index (χ3n) is 3.46. The molecule has 2 heterocycles. The molecule has 0 fully saturated rings. The van der Waals surface area contributed by atoms with Gasteiger partial charge in [0.1, 0.15) is 13.2 Å². The standard InChI is InChI=1S/C16H18ClNO2S/c1-10(2)16(15-4-3-7-21-15)18-12-9-14-13(8-11(12)17)19-5-6-20-14/h3-4,7-10,16,18H,5-6H2,1-2H3. The van der Waals surface area contributed by atoms with Gasteiger partial charge in [-0.3, -0.25) is 0 Å². The van der Waals surface area contributed by atoms with Gasteiger partial charge in [-0.1, -0.05) is 31.5 Å². The lowest BCUT2D eigenvalue weighted by atomic mass is 10.0. The van der Waals surface area contributed by atoms with Crippen molar-refractivity contribution in [3.05, 3.63) is 39.5 Å². The first-order valence-electron chi connectivity index (χ1n) is 7.04. The Morgan fingerprint density at radius 2 is 1.90 bits per heavy atom. The van der Waals surface area contributed by atoms with Gasteiger partial charge < -0.3 is 14.8 Å². The maximum Gasteiger partial charge on any atom is 0.163 e. The first kappa shape index (κ1) is 14.5. The van der Waals surface area contributed by atoms with Crippen molar-refractivity contribution in [1.29, 1.82) is 0 Å². The van der Waals surface area contributed by atoms with Crippen LogP contribution in [0.3, 0.4) is 0 Å². The molecule has 5 heteroatoms. The van der Waals surface area contributed by atoms with Gasteiger partial charge in [0.15, 0.2) is 11.5 Å². The van der Waals surface area contributed by atoms with Gasteiger partial charge in [-0.05, 0) is 17.4 Å². The lowest BCUT2D eigenvalue weighted by Crippen LogP contribution is -2.18. The van der Waals surface area contributed by atoms with Gasteiger partial charge in [0.2, 0.25) is 0 Å². The minimum absolute atomic E-state index is 0.227. The summed E-state index contributed by atoms with van der Waals surface area (Å²) in [5.74, 6) is 1.92. The van der Waals surface area contributed by atoms with E-state index in [1.54, 1.807) is 11.3 Å². The zero-order valence-corrected chi connectivity index (χ0v) is 13.6. The van der Waals surface area contributed by atoms with Crippen LogP contribution in [0.1, 0.15) is 24.8 Å². The van der Waals surface area contributed by atoms with Gasteiger partial charge in [-0.25, -0.2) is 0 Å². The van der Waals surface area contributed by atoms with E-state index in [1.165, 1.54) is 4.88 Å². The van der Waals surface area contributed by atoms with Crippen molar-refractivity contribution in [3.63, 3.8) is 0 Å². The molecule has 1 N–H and O–H groups in total. The fraction of sp³-hybridized carbons (Fsp3) is 0.375. The molecule has 1 unspecified atom stereocenters. The second kappa shape index (κ2) is 6.16. The van der Waals surface area contributed by atoms with Crippen molar-refractivity contribution < 1.29 is 9.47 Å². The van der Waals surface area contributed by atoms with E-state index in [0.29, 0.717) is 29.9 Å². The highest BCUT2D eigenvalue weighted by atomic mass is 35.5. The molecule has 1 aliphatic heterocycles. The second-order valence-electron chi connectivity index (χ2n) is 5.36. The van der Waals surface area contributed by atoms with E-state index in [2.05, 4.69) is 36.7 Å². The Labute approximate surface area is 133 Å². The van der Waals surface area contributed by atoms with Crippen LogP contribution in [-0.2, 0) is 0 Å². The Bertz CT molecular complexity index is 613. The fourth-order valence-electron chi connectivity index (χ4n) is 2.38. The van der Waals surface area contributed by atoms with Crippen molar-refractivity contribution in [2.24, 2.45) is 5.92 Å². The number of thiophene rings is 1. The molecule has 1 aliphatic rings. The number of rotatable bonds is 4. The summed E-state index contributed by atoms with van der Waals surface area (Å²) in [4.78, 5) is 1.30. The van der Waals surface area contributed by atoms with Crippen molar-refractivity contribution in [2.75, 3.05) is 18.5 Å². The number of hydrogen-bond acceptors (Lipinski definition) is 4.